The van der Waals surface area contributed by atoms with E-state index >= 15 is 0 Å². The molecule has 0 spiro atoms. The first-order valence-electron chi connectivity index (χ1n) is 8.52. The third-order valence-corrected chi connectivity index (χ3v) is 4.95. The van der Waals surface area contributed by atoms with Gasteiger partial charge >= 0.3 is 0 Å². The minimum atomic E-state index is -2.67. The van der Waals surface area contributed by atoms with Gasteiger partial charge in [0.2, 0.25) is 0 Å². The molecule has 0 atom stereocenters. The summed E-state index contributed by atoms with van der Waals surface area (Å²) in [6.45, 7) is 1.33. The molecule has 2 fully saturated rings. The third-order valence-electron chi connectivity index (χ3n) is 4.95. The van der Waals surface area contributed by atoms with Gasteiger partial charge in [-0.2, -0.15) is 0 Å². The quantitative estimate of drug-likeness (QED) is 0.720. The Morgan fingerprint density at radius 3 is 2.50 bits per heavy atom. The van der Waals surface area contributed by atoms with Crippen molar-refractivity contribution in [3.05, 3.63) is 42.5 Å². The first-order valence-corrected chi connectivity index (χ1v) is 8.52. The number of nitrogens with zero attached hydrogens (tertiary/aromatic N) is 5. The zero-order valence-corrected chi connectivity index (χ0v) is 13.9. The number of fused-ring (bicyclic) bond motifs is 1. The number of alkyl halides is 2. The maximum absolute atomic E-state index is 14.3. The molecule has 8 heteroatoms. The maximum atomic E-state index is 14.3. The van der Waals surface area contributed by atoms with Crippen LogP contribution in [0, 0.1) is 5.82 Å². The predicted molar refractivity (Wildman–Crippen MR) is 92.8 cm³/mol. The van der Waals surface area contributed by atoms with E-state index in [4.69, 9.17) is 0 Å². The second kappa shape index (κ2) is 5.36. The molecule has 3 aromatic rings. The molecule has 134 valence electrons. The first-order chi connectivity index (χ1) is 12.5. The summed E-state index contributed by atoms with van der Waals surface area (Å²) in [6, 6.07) is 6.33. The molecule has 2 aromatic heterocycles. The molecule has 0 unspecified atom stereocenters. The molecule has 5 nitrogen and oxygen atoms in total. The van der Waals surface area contributed by atoms with Crippen molar-refractivity contribution in [2.24, 2.45) is 0 Å². The van der Waals surface area contributed by atoms with Crippen molar-refractivity contribution in [1.82, 2.24) is 14.8 Å². The molecule has 5 rings (SSSR count). The highest BCUT2D eigenvalue weighted by Crippen LogP contribution is 2.33. The third kappa shape index (κ3) is 2.48. The van der Waals surface area contributed by atoms with E-state index in [1.807, 2.05) is 6.07 Å². The van der Waals surface area contributed by atoms with Gasteiger partial charge in [-0.3, -0.25) is 0 Å². The Kier molecular flexibility index (Phi) is 3.19. The molecular formula is C18H16F3N5. The average molecular weight is 359 g/mol. The lowest BCUT2D eigenvalue weighted by atomic mass is 10.1. The van der Waals surface area contributed by atoms with Crippen molar-refractivity contribution in [3.63, 3.8) is 0 Å². The van der Waals surface area contributed by atoms with Gasteiger partial charge in [0.15, 0.2) is 5.65 Å². The largest absolute Gasteiger partial charge is 0.370 e. The van der Waals surface area contributed by atoms with Gasteiger partial charge in [0.25, 0.3) is 5.92 Å². The number of pyridine rings is 1. The van der Waals surface area contributed by atoms with Gasteiger partial charge in [0.1, 0.15) is 11.5 Å². The molecule has 1 aromatic carbocycles. The molecule has 0 amide bonds. The van der Waals surface area contributed by atoms with Gasteiger partial charge < -0.3 is 9.80 Å². The van der Waals surface area contributed by atoms with Crippen LogP contribution in [0.15, 0.2) is 36.7 Å². The number of benzene rings is 1. The van der Waals surface area contributed by atoms with Crippen molar-refractivity contribution in [3.8, 4) is 5.69 Å². The van der Waals surface area contributed by atoms with Crippen LogP contribution >= 0.6 is 0 Å². The fourth-order valence-corrected chi connectivity index (χ4v) is 3.34. The summed E-state index contributed by atoms with van der Waals surface area (Å²) < 4.78 is 42.0. The molecule has 2 aliphatic heterocycles. The van der Waals surface area contributed by atoms with Gasteiger partial charge in [-0.25, -0.2) is 22.8 Å². The lowest BCUT2D eigenvalue weighted by Crippen LogP contribution is -2.56. The molecule has 0 aliphatic carbocycles. The highest BCUT2D eigenvalue weighted by Gasteiger charge is 2.44. The average Bonchev–Trinajstić information content (AvgIpc) is 2.94. The van der Waals surface area contributed by atoms with Crippen molar-refractivity contribution in [1.29, 1.82) is 0 Å². The summed E-state index contributed by atoms with van der Waals surface area (Å²) in [4.78, 5) is 8.10. The van der Waals surface area contributed by atoms with Gasteiger partial charge in [-0.1, -0.05) is 0 Å². The fourth-order valence-electron chi connectivity index (χ4n) is 3.34. The summed E-state index contributed by atoms with van der Waals surface area (Å²) in [5, 5.41) is 5.16. The smallest absolute Gasteiger partial charge is 0.282 e. The van der Waals surface area contributed by atoms with E-state index in [0.717, 1.165) is 24.2 Å². The summed E-state index contributed by atoms with van der Waals surface area (Å²) in [6.07, 6.45) is 4.66. The topological polar surface area (TPSA) is 37.2 Å². The Bertz CT molecular complexity index is 988. The van der Waals surface area contributed by atoms with Crippen LogP contribution in [0.4, 0.5) is 24.5 Å². The number of anilines is 2. The summed E-state index contributed by atoms with van der Waals surface area (Å²) in [7, 11) is 0. The van der Waals surface area contributed by atoms with Gasteiger partial charge in [0, 0.05) is 30.4 Å². The lowest BCUT2D eigenvalue weighted by Gasteiger charge is -2.40. The molecule has 26 heavy (non-hydrogen) atoms. The standard InChI is InChI=1S/C18H16F3N5/c19-15-3-2-13(25-10-18(20,21)11-25)7-16(15)26-9-12-6-14(24-4-1-5-24)8-22-17(12)23-26/h2-3,6-9H,1,4-5,10-11H2. The summed E-state index contributed by atoms with van der Waals surface area (Å²) in [5.41, 5.74) is 2.33. The van der Waals surface area contributed by atoms with E-state index in [0.29, 0.717) is 11.3 Å². The van der Waals surface area contributed by atoms with E-state index < -0.39 is 11.7 Å². The van der Waals surface area contributed by atoms with Gasteiger partial charge in [0.05, 0.1) is 25.0 Å². The molecule has 4 heterocycles. The molecule has 0 saturated carbocycles. The predicted octanol–water partition coefficient (Wildman–Crippen LogP) is 3.23. The highest BCUT2D eigenvalue weighted by atomic mass is 19.3. The number of hydrogen-bond acceptors (Lipinski definition) is 4. The summed E-state index contributed by atoms with van der Waals surface area (Å²) >= 11 is 0. The monoisotopic (exact) mass is 359 g/mol. The SMILES string of the molecule is Fc1ccc(N2CC(F)(F)C2)cc1-n1cc2cc(N3CCC3)cnc2n1. The van der Waals surface area contributed by atoms with Crippen LogP contribution in [0.5, 0.6) is 0 Å². The minimum absolute atomic E-state index is 0.223. The molecule has 2 aliphatic rings. The highest BCUT2D eigenvalue weighted by molar-refractivity contribution is 5.79. The summed E-state index contributed by atoms with van der Waals surface area (Å²) in [5.74, 6) is -3.14. The number of halogens is 3. The Morgan fingerprint density at radius 1 is 1.00 bits per heavy atom. The molecular weight excluding hydrogens is 343 g/mol. The van der Waals surface area contributed by atoms with Crippen LogP contribution < -0.4 is 9.80 Å². The first kappa shape index (κ1) is 15.5. The maximum Gasteiger partial charge on any atom is 0.282 e. The van der Waals surface area contributed by atoms with E-state index in [1.54, 1.807) is 18.5 Å². The van der Waals surface area contributed by atoms with E-state index in [2.05, 4.69) is 15.0 Å². The van der Waals surface area contributed by atoms with Crippen LogP contribution in [0.1, 0.15) is 6.42 Å². The fraction of sp³-hybridized carbons (Fsp3) is 0.333. The van der Waals surface area contributed by atoms with Crippen LogP contribution in [-0.4, -0.2) is 46.9 Å². The Balaban J connectivity index is 1.50. The number of hydrogen-bond donors (Lipinski definition) is 0. The van der Waals surface area contributed by atoms with Crippen molar-refractivity contribution in [2.75, 3.05) is 36.0 Å². The second-order valence-corrected chi connectivity index (χ2v) is 6.87. The molecule has 2 saturated heterocycles. The van der Waals surface area contributed by atoms with Crippen molar-refractivity contribution >= 4 is 22.4 Å². The van der Waals surface area contributed by atoms with Gasteiger partial charge in [-0.05, 0) is 30.7 Å². The number of aromatic nitrogens is 3. The van der Waals surface area contributed by atoms with Crippen molar-refractivity contribution in [2.45, 2.75) is 12.3 Å². The lowest BCUT2D eigenvalue weighted by molar-refractivity contribution is -0.0262. The Morgan fingerprint density at radius 2 is 1.81 bits per heavy atom. The molecule has 0 radical (unpaired) electrons. The van der Waals surface area contributed by atoms with E-state index in [-0.39, 0.29) is 18.8 Å². The van der Waals surface area contributed by atoms with E-state index in [1.165, 1.54) is 28.1 Å². The second-order valence-electron chi connectivity index (χ2n) is 6.87. The van der Waals surface area contributed by atoms with Gasteiger partial charge in [-0.15, -0.1) is 5.10 Å². The zero-order chi connectivity index (χ0) is 17.9. The van der Waals surface area contributed by atoms with Crippen LogP contribution in [0.25, 0.3) is 16.7 Å². The van der Waals surface area contributed by atoms with Crippen LogP contribution in [-0.2, 0) is 0 Å². The van der Waals surface area contributed by atoms with E-state index in [9.17, 15) is 13.2 Å². The Hall–Kier alpha value is -2.77. The zero-order valence-electron chi connectivity index (χ0n) is 13.9. The molecule has 0 bridgehead atoms. The minimum Gasteiger partial charge on any atom is -0.370 e. The Labute approximate surface area is 147 Å². The molecule has 0 N–H and O–H groups in total. The number of rotatable bonds is 3. The van der Waals surface area contributed by atoms with Crippen LogP contribution in [0.2, 0.25) is 0 Å². The van der Waals surface area contributed by atoms with Crippen LogP contribution in [0.3, 0.4) is 0 Å². The van der Waals surface area contributed by atoms with Crippen molar-refractivity contribution < 1.29 is 13.2 Å². The normalized spacial score (nSPS) is 18.7.